The first-order chi connectivity index (χ1) is 25.3. The number of imide groups is 1. The van der Waals surface area contributed by atoms with Gasteiger partial charge >= 0.3 is 5.69 Å². The van der Waals surface area contributed by atoms with Gasteiger partial charge in [0.1, 0.15) is 5.02 Å². The van der Waals surface area contributed by atoms with Crippen LogP contribution in [0.3, 0.4) is 0 Å². The number of benzene rings is 2. The lowest BCUT2D eigenvalue weighted by atomic mass is 9.92. The number of amides is 2. The van der Waals surface area contributed by atoms with E-state index in [4.69, 9.17) is 16.6 Å². The largest absolute Gasteiger partial charge is 0.395 e. The Labute approximate surface area is 311 Å². The monoisotopic (exact) mass is 744 g/mol. The normalized spacial score (nSPS) is 17.2. The number of aliphatic hydroxyl groups excluding tert-OH is 1. The highest BCUT2D eigenvalue weighted by Crippen LogP contribution is 2.34. The number of aliphatic hydroxyl groups is 2. The molecule has 7 rings (SSSR count). The molecule has 2 aromatic carbocycles. The Morgan fingerprint density at radius 1 is 1.04 bits per heavy atom. The average Bonchev–Trinajstić information content (AvgIpc) is 3.58. The van der Waals surface area contributed by atoms with Crippen LogP contribution in [0.25, 0.3) is 21.9 Å². The number of carbonyl (C=O) groups excluding carboxylic acids is 2. The van der Waals surface area contributed by atoms with Gasteiger partial charge in [0.25, 0.3) is 0 Å². The molecule has 3 aromatic heterocycles. The summed E-state index contributed by atoms with van der Waals surface area (Å²) >= 11 is 6.60. The molecule has 5 heterocycles. The molecule has 16 heteroatoms. The summed E-state index contributed by atoms with van der Waals surface area (Å²) < 4.78 is 5.05. The first kappa shape index (κ1) is 36.4. The van der Waals surface area contributed by atoms with Crippen LogP contribution in [0.4, 0.5) is 23.1 Å². The van der Waals surface area contributed by atoms with Gasteiger partial charge in [-0.2, -0.15) is 10.1 Å². The SMILES string of the molecule is Cn1nc(C2CCC(=O)NC2=O)c2ccc(N3CCC(N(CCO)c4ncc(Cl)c(Nc5ccc6c(c5)n(CCC(C)(C)O)c(=O)n6C)n4)CC3)cc21. The van der Waals surface area contributed by atoms with E-state index in [1.807, 2.05) is 36.2 Å². The Bertz CT molecular complexity index is 2250. The van der Waals surface area contributed by atoms with Gasteiger partial charge in [-0.3, -0.25) is 28.7 Å². The molecule has 2 amide bonds. The number of fused-ring (bicyclic) bond motifs is 2. The lowest BCUT2D eigenvalue weighted by Crippen LogP contribution is -2.46. The van der Waals surface area contributed by atoms with Crippen LogP contribution < -0.4 is 26.1 Å². The number of hydrogen-bond donors (Lipinski definition) is 4. The topological polar surface area (TPSA) is 176 Å². The maximum absolute atomic E-state index is 13.0. The van der Waals surface area contributed by atoms with E-state index in [9.17, 15) is 24.6 Å². The number of halogens is 1. The Morgan fingerprint density at radius 3 is 2.53 bits per heavy atom. The smallest absolute Gasteiger partial charge is 0.328 e. The number of nitrogens with zero attached hydrogens (tertiary/aromatic N) is 8. The number of carbonyl (C=O) groups is 2. The first-order valence-corrected chi connectivity index (χ1v) is 18.3. The van der Waals surface area contributed by atoms with Crippen LogP contribution in [-0.4, -0.2) is 88.8 Å². The molecular formula is C37H45ClN10O5. The van der Waals surface area contributed by atoms with Crippen LogP contribution in [0, 0.1) is 0 Å². The lowest BCUT2D eigenvalue weighted by Gasteiger charge is -2.39. The minimum atomic E-state index is -0.918. The molecule has 280 valence electrons. The third-order valence-corrected chi connectivity index (χ3v) is 10.7. The second-order valence-electron chi connectivity index (χ2n) is 14.6. The van der Waals surface area contributed by atoms with Crippen molar-refractivity contribution in [1.29, 1.82) is 0 Å². The molecular weight excluding hydrogens is 700 g/mol. The molecule has 2 saturated heterocycles. The summed E-state index contributed by atoms with van der Waals surface area (Å²) in [4.78, 5) is 51.0. The number of nitrogens with one attached hydrogen (secondary N) is 2. The highest BCUT2D eigenvalue weighted by Gasteiger charge is 2.32. The van der Waals surface area contributed by atoms with Crippen LogP contribution in [0.5, 0.6) is 0 Å². The van der Waals surface area contributed by atoms with E-state index in [1.165, 1.54) is 0 Å². The Kier molecular flexibility index (Phi) is 9.91. The van der Waals surface area contributed by atoms with E-state index < -0.39 is 11.5 Å². The molecule has 15 nitrogen and oxygen atoms in total. The zero-order chi connectivity index (χ0) is 37.6. The molecule has 0 radical (unpaired) electrons. The van der Waals surface area contributed by atoms with Crippen molar-refractivity contribution in [2.75, 3.05) is 41.4 Å². The van der Waals surface area contributed by atoms with Gasteiger partial charge in [-0.1, -0.05) is 11.6 Å². The summed E-state index contributed by atoms with van der Waals surface area (Å²) in [6, 6.07) is 11.8. The van der Waals surface area contributed by atoms with Crippen molar-refractivity contribution in [3.05, 3.63) is 63.8 Å². The van der Waals surface area contributed by atoms with Crippen molar-refractivity contribution < 1.29 is 19.8 Å². The van der Waals surface area contributed by atoms with Crippen LogP contribution in [-0.2, 0) is 30.2 Å². The van der Waals surface area contributed by atoms with Crippen molar-refractivity contribution >= 4 is 68.5 Å². The van der Waals surface area contributed by atoms with Crippen LogP contribution >= 0.6 is 11.6 Å². The first-order valence-electron chi connectivity index (χ1n) is 18.0. The van der Waals surface area contributed by atoms with Gasteiger partial charge in [-0.25, -0.2) is 9.78 Å². The fourth-order valence-corrected chi connectivity index (χ4v) is 7.62. The van der Waals surface area contributed by atoms with Crippen molar-refractivity contribution in [3.63, 3.8) is 0 Å². The Hall–Kier alpha value is -4.99. The lowest BCUT2D eigenvalue weighted by molar-refractivity contribution is -0.134. The van der Waals surface area contributed by atoms with E-state index in [0.29, 0.717) is 60.5 Å². The molecule has 2 aliphatic heterocycles. The fourth-order valence-electron chi connectivity index (χ4n) is 7.48. The molecule has 0 saturated carbocycles. The maximum atomic E-state index is 13.0. The highest BCUT2D eigenvalue weighted by atomic mass is 35.5. The Morgan fingerprint density at radius 2 is 1.81 bits per heavy atom. The molecule has 0 spiro atoms. The third kappa shape index (κ3) is 7.33. The predicted octanol–water partition coefficient (Wildman–Crippen LogP) is 3.56. The standard InChI is InChI=1S/C37H45ClN10O5/c1-37(2,53)13-16-48-30-19-22(5-9-28(30)44(3)36(48)52)40-33-27(38)21-39-35(42-33)47(17-18-49)23-11-14-46(15-12-23)24-6-7-25-29(20-24)45(4)43-32(25)26-8-10-31(50)41-34(26)51/h5-7,9,19-21,23,26,49,53H,8,10-18H2,1-4H3,(H,39,40,42)(H,41,50,51). The van der Waals surface area contributed by atoms with E-state index in [1.54, 1.807) is 40.9 Å². The van der Waals surface area contributed by atoms with Gasteiger partial charge in [0, 0.05) is 69.5 Å². The fraction of sp³-hybridized carbons (Fsp3) is 0.459. The molecule has 4 N–H and O–H groups in total. The molecule has 0 aliphatic carbocycles. The number of rotatable bonds is 11. The summed E-state index contributed by atoms with van der Waals surface area (Å²) in [7, 11) is 3.60. The summed E-state index contributed by atoms with van der Waals surface area (Å²) in [5, 5.41) is 32.0. The molecule has 1 unspecified atom stereocenters. The zero-order valence-electron chi connectivity index (χ0n) is 30.3. The summed E-state index contributed by atoms with van der Waals surface area (Å²) in [5.74, 6) is -0.150. The minimum absolute atomic E-state index is 0.0675. The van der Waals surface area contributed by atoms with E-state index in [2.05, 4.69) is 37.7 Å². The van der Waals surface area contributed by atoms with Crippen molar-refractivity contribution in [3.8, 4) is 0 Å². The third-order valence-electron chi connectivity index (χ3n) is 10.4. The van der Waals surface area contributed by atoms with Gasteiger partial charge in [0.05, 0.1) is 46.6 Å². The Balaban J connectivity index is 1.07. The second-order valence-corrected chi connectivity index (χ2v) is 15.0. The van der Waals surface area contributed by atoms with Gasteiger partial charge in [-0.05, 0) is 75.9 Å². The van der Waals surface area contributed by atoms with Crippen LogP contribution in [0.15, 0.2) is 47.4 Å². The van der Waals surface area contributed by atoms with E-state index in [0.717, 1.165) is 53.6 Å². The molecule has 53 heavy (non-hydrogen) atoms. The molecule has 0 bridgehead atoms. The van der Waals surface area contributed by atoms with Crippen molar-refractivity contribution in [1.82, 2.24) is 34.2 Å². The molecule has 1 atom stereocenters. The van der Waals surface area contributed by atoms with Gasteiger partial charge in [0.15, 0.2) is 5.82 Å². The number of hydrogen-bond acceptors (Lipinski definition) is 11. The van der Waals surface area contributed by atoms with Gasteiger partial charge < -0.3 is 25.3 Å². The van der Waals surface area contributed by atoms with Gasteiger partial charge in [-0.15, -0.1) is 0 Å². The minimum Gasteiger partial charge on any atom is -0.395 e. The van der Waals surface area contributed by atoms with E-state index in [-0.39, 0.29) is 30.2 Å². The number of anilines is 4. The quantitative estimate of drug-likeness (QED) is 0.146. The van der Waals surface area contributed by atoms with Gasteiger partial charge in [0.2, 0.25) is 17.8 Å². The van der Waals surface area contributed by atoms with Crippen LogP contribution in [0.2, 0.25) is 5.02 Å². The molecule has 2 aliphatic rings. The number of aryl methyl sites for hydroxylation is 3. The summed E-state index contributed by atoms with van der Waals surface area (Å²) in [6.45, 7) is 5.61. The molecule has 2 fully saturated rings. The zero-order valence-corrected chi connectivity index (χ0v) is 31.1. The molecule has 5 aromatic rings. The predicted molar refractivity (Wildman–Crippen MR) is 204 cm³/mol. The summed E-state index contributed by atoms with van der Waals surface area (Å²) in [5.41, 5.74) is 3.76. The van der Waals surface area contributed by atoms with Crippen molar-refractivity contribution in [2.45, 2.75) is 70.1 Å². The number of piperidine rings is 2. The number of aromatic nitrogens is 6. The maximum Gasteiger partial charge on any atom is 0.328 e. The second kappa shape index (κ2) is 14.4. The highest BCUT2D eigenvalue weighted by molar-refractivity contribution is 6.33. The van der Waals surface area contributed by atoms with Crippen molar-refractivity contribution in [2.24, 2.45) is 14.1 Å². The van der Waals surface area contributed by atoms with Crippen LogP contribution in [0.1, 0.15) is 57.6 Å². The number of imidazole rings is 1. The summed E-state index contributed by atoms with van der Waals surface area (Å²) in [6.07, 6.45) is 4.31. The van der Waals surface area contributed by atoms with E-state index >= 15 is 0 Å². The average molecular weight is 745 g/mol.